The lowest BCUT2D eigenvalue weighted by atomic mass is 10.0. The Morgan fingerprint density at radius 1 is 0.214 bits per heavy atom. The van der Waals surface area contributed by atoms with Gasteiger partial charge >= 0.3 is 0 Å². The van der Waals surface area contributed by atoms with E-state index in [0.29, 0.717) is 10.8 Å². The van der Waals surface area contributed by atoms with Crippen molar-refractivity contribution in [3.8, 4) is 5.69 Å². The maximum absolute atomic E-state index is 2.43. The number of nitrogens with zero attached hydrogens (tertiary/aromatic N) is 4. The minimum absolute atomic E-state index is 0.0582. The van der Waals surface area contributed by atoms with Gasteiger partial charge in [-0.2, -0.15) is 0 Å². The van der Waals surface area contributed by atoms with Crippen LogP contribution >= 0.6 is 0 Å². The van der Waals surface area contributed by atoms with Crippen LogP contribution in [-0.4, -0.2) is 14.7 Å². The third-order valence-electron chi connectivity index (χ3n) is 12.6. The quantitative estimate of drug-likeness (QED) is 0.165. The highest BCUT2D eigenvalue weighted by atomic mass is 15.2. The van der Waals surface area contributed by atoms with Gasteiger partial charge in [-0.15, -0.1) is 0 Å². The first kappa shape index (κ1) is 91.5. The molecular weight excluding hydrogens is 1190 g/mol. The molecule has 0 fully saturated rings. The van der Waals surface area contributed by atoms with Crippen molar-refractivity contribution in [1.29, 1.82) is 0 Å². The number of para-hydroxylation sites is 10. The van der Waals surface area contributed by atoms with Gasteiger partial charge in [0.15, 0.2) is 0 Å². The summed E-state index contributed by atoms with van der Waals surface area (Å²) in [6.07, 6.45) is 0. The van der Waals surface area contributed by atoms with E-state index in [1.807, 2.05) is 129 Å². The van der Waals surface area contributed by atoms with Crippen molar-refractivity contribution < 1.29 is 0 Å². The van der Waals surface area contributed by atoms with Crippen LogP contribution in [0.5, 0.6) is 0 Å². The molecule has 4 heteroatoms. The van der Waals surface area contributed by atoms with Crippen LogP contribution in [0.3, 0.4) is 0 Å². The largest absolute Gasteiger partial charge is 0.336 e. The molecule has 0 saturated carbocycles. The Kier molecular flexibility index (Phi) is 47.3. The van der Waals surface area contributed by atoms with Crippen LogP contribution in [0.15, 0.2) is 279 Å². The van der Waals surface area contributed by atoms with Gasteiger partial charge in [-0.05, 0) is 149 Å². The zero-order chi connectivity index (χ0) is 74.9. The molecule has 0 spiro atoms. The van der Waals surface area contributed by atoms with Gasteiger partial charge in [-0.1, -0.05) is 348 Å². The summed E-state index contributed by atoms with van der Waals surface area (Å²) in [6.45, 7) is 63.0. The second kappa shape index (κ2) is 50.7. The number of anilines is 5. The molecule has 10 aromatic carbocycles. The molecule has 12 rings (SSSR count). The van der Waals surface area contributed by atoms with Crippen molar-refractivity contribution in [2.24, 2.45) is 10.8 Å². The monoisotopic (exact) mass is 1320 g/mol. The zero-order valence-corrected chi connectivity index (χ0v) is 67.3. The van der Waals surface area contributed by atoms with Crippen LogP contribution < -0.4 is 9.80 Å². The molecule has 0 radical (unpaired) electrons. The first-order valence-electron chi connectivity index (χ1n) is 37.0. The molecule has 0 bridgehead atoms. The summed E-state index contributed by atoms with van der Waals surface area (Å²) in [7, 11) is 0. The maximum atomic E-state index is 2.43. The smallest absolute Gasteiger partial charge is 0.0541 e. The number of hydrogen-bond donors (Lipinski definition) is 0. The molecule has 0 N–H and O–H groups in total. The van der Waals surface area contributed by atoms with Crippen molar-refractivity contribution in [2.45, 2.75) is 219 Å². The molecule has 2 aromatic heterocycles. The summed E-state index contributed by atoms with van der Waals surface area (Å²) in [6, 6.07) is 97.2. The van der Waals surface area contributed by atoms with Crippen molar-refractivity contribution in [2.75, 3.05) is 9.80 Å². The van der Waals surface area contributed by atoms with Crippen molar-refractivity contribution in [1.82, 2.24) is 9.13 Å². The molecule has 2 heterocycles. The summed E-state index contributed by atoms with van der Waals surface area (Å²) < 4.78 is 4.75. The van der Waals surface area contributed by atoms with Crippen LogP contribution in [0.1, 0.15) is 208 Å². The Balaban J connectivity index is 0. The van der Waals surface area contributed by atoms with Gasteiger partial charge in [0, 0.05) is 77.8 Å². The topological polar surface area (TPSA) is 16.3 Å². The Morgan fingerprint density at radius 2 is 0.398 bits per heavy atom. The molecule has 0 amide bonds. The Bertz CT molecular complexity index is 3520. The normalized spacial score (nSPS) is 9.94. The SMILES string of the molecule is CC.CC.CC.CC.CC.CC.CC.CC.CC(C)(C)C.CC(C)(C)C.CC(C)(C)N(c1ccccc1)c1ccccc1.CC(C)(C)n1c2ccccc2c2ccccc21.c1ccc(-n2c3ccccc3c3ccccc32)cc1.c1ccc(N(c2ccccc2)c2ccccc2)cc1. The van der Waals surface area contributed by atoms with Gasteiger partial charge in [0.2, 0.25) is 0 Å². The fraction of sp³-hybridized carbons (Fsp3) is 0.362. The maximum Gasteiger partial charge on any atom is 0.0541 e. The van der Waals surface area contributed by atoms with Crippen LogP contribution in [0, 0.1) is 10.8 Å². The number of hydrogen-bond acceptors (Lipinski definition) is 2. The highest BCUT2D eigenvalue weighted by molar-refractivity contribution is 6.09. The number of fused-ring (bicyclic) bond motifs is 6. The van der Waals surface area contributed by atoms with Crippen LogP contribution in [0.2, 0.25) is 0 Å². The van der Waals surface area contributed by atoms with E-state index in [1.54, 1.807) is 0 Å². The molecule has 98 heavy (non-hydrogen) atoms. The van der Waals surface area contributed by atoms with Gasteiger partial charge in [0.1, 0.15) is 0 Å². The molecule has 0 aliphatic carbocycles. The van der Waals surface area contributed by atoms with Crippen LogP contribution in [0.25, 0.3) is 49.3 Å². The third-order valence-corrected chi connectivity index (χ3v) is 12.6. The van der Waals surface area contributed by atoms with E-state index in [0.717, 1.165) is 0 Å². The first-order valence-corrected chi connectivity index (χ1v) is 37.0. The first-order chi connectivity index (χ1) is 47.1. The third kappa shape index (κ3) is 31.7. The number of rotatable bonds is 6. The van der Waals surface area contributed by atoms with E-state index >= 15 is 0 Å². The van der Waals surface area contributed by atoms with Crippen LogP contribution in [-0.2, 0) is 5.54 Å². The predicted molar refractivity (Wildman–Crippen MR) is 452 cm³/mol. The van der Waals surface area contributed by atoms with Gasteiger partial charge < -0.3 is 18.9 Å². The fourth-order valence-corrected chi connectivity index (χ4v) is 9.68. The zero-order valence-electron chi connectivity index (χ0n) is 67.3. The number of benzene rings is 10. The average molecular weight is 1320 g/mol. The average Bonchev–Trinajstić information content (AvgIpc) is 1.59. The van der Waals surface area contributed by atoms with Crippen LogP contribution in [0.4, 0.5) is 28.4 Å². The van der Waals surface area contributed by atoms with Gasteiger partial charge in [0.05, 0.1) is 11.0 Å². The summed E-state index contributed by atoms with van der Waals surface area (Å²) in [5.41, 5.74) is 13.5. The second-order valence-electron chi connectivity index (χ2n) is 25.8. The van der Waals surface area contributed by atoms with Gasteiger partial charge in [-0.3, -0.25) is 0 Å². The predicted octanol–water partition coefficient (Wildman–Crippen LogP) is 31.4. The highest BCUT2D eigenvalue weighted by Gasteiger charge is 2.23. The lowest BCUT2D eigenvalue weighted by Crippen LogP contribution is -2.37. The molecule has 4 nitrogen and oxygen atoms in total. The molecule has 0 aliphatic rings. The van der Waals surface area contributed by atoms with E-state index in [9.17, 15) is 0 Å². The molecule has 0 atom stereocenters. The minimum atomic E-state index is 0.0582. The van der Waals surface area contributed by atoms with Crippen molar-refractivity contribution in [3.05, 3.63) is 279 Å². The molecule has 0 saturated heterocycles. The van der Waals surface area contributed by atoms with Crippen molar-refractivity contribution >= 4 is 72.0 Å². The summed E-state index contributed by atoms with van der Waals surface area (Å²) in [4.78, 5) is 4.60. The summed E-state index contributed by atoms with van der Waals surface area (Å²) >= 11 is 0. The highest BCUT2D eigenvalue weighted by Crippen LogP contribution is 2.37. The van der Waals surface area contributed by atoms with Gasteiger partial charge in [-0.25, -0.2) is 0 Å². The van der Waals surface area contributed by atoms with E-state index < -0.39 is 0 Å². The van der Waals surface area contributed by atoms with Crippen molar-refractivity contribution in [3.63, 3.8) is 0 Å². The minimum Gasteiger partial charge on any atom is -0.336 e. The standard InChI is InChI=1S/C18H13N.C18H15N.C16H17N.C16H19N.2C5H12.8C2H6/c1-2-8-14(9-3-1)19-17-12-6-4-10-15(17)16-11-5-7-13-18(16)19;1-4-10-16(11-5-1)19(17-12-6-2-7-13-17)18-14-8-3-9-15-18;1-16(2,3)17-14-10-6-4-8-12(14)13-9-5-7-11-15(13)17;1-16(2,3)17(14-10-6-4-7-11-14)15-12-8-5-9-13-15;2*1-5(2,3)4;8*1-2/h1-13H;1-15H;4-11H,1-3H3;4-13H,1-3H3;2*1-4H3;8*1-2H3. The van der Waals surface area contributed by atoms with E-state index in [4.69, 9.17) is 0 Å². The second-order valence-corrected chi connectivity index (χ2v) is 25.8. The Morgan fingerprint density at radius 3 is 0.622 bits per heavy atom. The molecule has 0 aliphatic heterocycles. The Hall–Kier alpha value is -8.60. The molecule has 532 valence electrons. The Labute approximate surface area is 601 Å². The fourth-order valence-electron chi connectivity index (χ4n) is 9.68. The van der Waals surface area contributed by atoms with E-state index in [1.165, 1.54) is 77.7 Å². The van der Waals surface area contributed by atoms with E-state index in [-0.39, 0.29) is 11.1 Å². The van der Waals surface area contributed by atoms with Gasteiger partial charge in [0.25, 0.3) is 0 Å². The van der Waals surface area contributed by atoms with E-state index in [2.05, 4.69) is 377 Å². The molecular formula is C94H136N4. The lowest BCUT2D eigenvalue weighted by Gasteiger charge is -2.37. The molecule has 12 aromatic rings. The summed E-state index contributed by atoms with van der Waals surface area (Å²) in [5, 5.41) is 5.31. The molecule has 0 unspecified atom stereocenters. The number of aromatic nitrogens is 2. The lowest BCUT2D eigenvalue weighted by molar-refractivity contribution is 0.423. The summed E-state index contributed by atoms with van der Waals surface area (Å²) in [5.74, 6) is 0.